The molecular formula is C10H16N2S. The predicted molar refractivity (Wildman–Crippen MR) is 56.1 cm³/mol. The molecule has 1 aromatic rings. The van der Waals surface area contributed by atoms with Gasteiger partial charge >= 0.3 is 0 Å². The van der Waals surface area contributed by atoms with Gasteiger partial charge in [0.05, 0.1) is 10.7 Å². The molecule has 3 heteroatoms. The minimum atomic E-state index is 0.849. The van der Waals surface area contributed by atoms with Crippen LogP contribution in [0.5, 0.6) is 0 Å². The number of nitrogens with zero attached hydrogens (tertiary/aromatic N) is 2. The van der Waals surface area contributed by atoms with Gasteiger partial charge in [0, 0.05) is 17.5 Å². The second kappa shape index (κ2) is 3.39. The van der Waals surface area contributed by atoms with Crippen LogP contribution in [0, 0.1) is 13.8 Å². The lowest BCUT2D eigenvalue weighted by Gasteiger charge is -2.14. The second-order valence-corrected chi connectivity index (χ2v) is 5.18. The van der Waals surface area contributed by atoms with E-state index in [0.717, 1.165) is 12.6 Å². The summed E-state index contributed by atoms with van der Waals surface area (Å²) < 4.78 is 0. The summed E-state index contributed by atoms with van der Waals surface area (Å²) in [7, 11) is 2.21. The van der Waals surface area contributed by atoms with Crippen molar-refractivity contribution in [2.45, 2.75) is 39.3 Å². The monoisotopic (exact) mass is 196 g/mol. The molecule has 0 N–H and O–H groups in total. The van der Waals surface area contributed by atoms with Crippen molar-refractivity contribution in [1.82, 2.24) is 9.88 Å². The Balaban J connectivity index is 2.03. The Morgan fingerprint density at radius 1 is 1.46 bits per heavy atom. The van der Waals surface area contributed by atoms with Crippen molar-refractivity contribution in [1.29, 1.82) is 0 Å². The molecule has 1 heterocycles. The molecule has 0 aliphatic heterocycles. The fourth-order valence-electron chi connectivity index (χ4n) is 1.59. The van der Waals surface area contributed by atoms with Crippen molar-refractivity contribution in [3.63, 3.8) is 0 Å². The number of aromatic nitrogens is 1. The highest BCUT2D eigenvalue weighted by Gasteiger charge is 2.26. The molecule has 1 aliphatic carbocycles. The van der Waals surface area contributed by atoms with Gasteiger partial charge in [-0.2, -0.15) is 0 Å². The average molecular weight is 196 g/mol. The van der Waals surface area contributed by atoms with Gasteiger partial charge in [-0.05, 0) is 33.7 Å². The van der Waals surface area contributed by atoms with Crippen LogP contribution in [0.1, 0.15) is 28.4 Å². The summed E-state index contributed by atoms with van der Waals surface area (Å²) in [5.41, 5.74) is 1.22. The molecule has 0 amide bonds. The quantitative estimate of drug-likeness (QED) is 0.737. The van der Waals surface area contributed by atoms with Crippen LogP contribution < -0.4 is 0 Å². The summed E-state index contributed by atoms with van der Waals surface area (Å²) >= 11 is 1.84. The number of rotatable bonds is 3. The third-order valence-corrected chi connectivity index (χ3v) is 3.62. The SMILES string of the molecule is Cc1nc(C)c(CN(C)C2CC2)s1. The molecule has 1 fully saturated rings. The van der Waals surface area contributed by atoms with Crippen LogP contribution in [-0.4, -0.2) is 23.0 Å². The van der Waals surface area contributed by atoms with Crippen molar-refractivity contribution in [3.8, 4) is 0 Å². The highest BCUT2D eigenvalue weighted by Crippen LogP contribution is 2.28. The minimum Gasteiger partial charge on any atom is -0.298 e. The van der Waals surface area contributed by atoms with Gasteiger partial charge in [-0.1, -0.05) is 0 Å². The second-order valence-electron chi connectivity index (χ2n) is 3.89. The minimum absolute atomic E-state index is 0.849. The van der Waals surface area contributed by atoms with Gasteiger partial charge < -0.3 is 0 Å². The van der Waals surface area contributed by atoms with Gasteiger partial charge in [0.15, 0.2) is 0 Å². The Kier molecular flexibility index (Phi) is 2.39. The standard InChI is InChI=1S/C10H16N2S/c1-7-10(13-8(2)11-7)6-12(3)9-4-5-9/h9H,4-6H2,1-3H3. The maximum absolute atomic E-state index is 4.44. The summed E-state index contributed by atoms with van der Waals surface area (Å²) in [6.07, 6.45) is 2.76. The van der Waals surface area contributed by atoms with E-state index in [1.165, 1.54) is 28.4 Å². The first-order valence-corrected chi connectivity index (χ1v) is 5.61. The Hall–Kier alpha value is -0.410. The molecule has 72 valence electrons. The summed E-state index contributed by atoms with van der Waals surface area (Å²) in [5.74, 6) is 0. The molecule has 0 atom stereocenters. The normalized spacial score (nSPS) is 16.9. The first-order valence-electron chi connectivity index (χ1n) is 4.80. The van der Waals surface area contributed by atoms with Crippen molar-refractivity contribution >= 4 is 11.3 Å². The fraction of sp³-hybridized carbons (Fsp3) is 0.700. The zero-order chi connectivity index (χ0) is 9.42. The lowest BCUT2D eigenvalue weighted by atomic mass is 10.3. The van der Waals surface area contributed by atoms with Crippen LogP contribution in [0.25, 0.3) is 0 Å². The Labute approximate surface area is 83.6 Å². The van der Waals surface area contributed by atoms with Crippen LogP contribution in [-0.2, 0) is 6.54 Å². The molecule has 0 spiro atoms. The highest BCUT2D eigenvalue weighted by molar-refractivity contribution is 7.11. The number of thiazole rings is 1. The van der Waals surface area contributed by atoms with Crippen molar-refractivity contribution in [2.24, 2.45) is 0 Å². The Morgan fingerprint density at radius 2 is 2.15 bits per heavy atom. The van der Waals surface area contributed by atoms with Crippen LogP contribution >= 0.6 is 11.3 Å². The first kappa shape index (κ1) is 9.16. The van der Waals surface area contributed by atoms with Crippen LogP contribution in [0.4, 0.5) is 0 Å². The number of aryl methyl sites for hydroxylation is 2. The van der Waals surface area contributed by atoms with Gasteiger partial charge in [-0.15, -0.1) is 11.3 Å². The van der Waals surface area contributed by atoms with Crippen molar-refractivity contribution in [3.05, 3.63) is 15.6 Å². The smallest absolute Gasteiger partial charge is 0.0900 e. The molecule has 2 rings (SSSR count). The molecular weight excluding hydrogens is 180 g/mol. The van der Waals surface area contributed by atoms with E-state index >= 15 is 0 Å². The zero-order valence-electron chi connectivity index (χ0n) is 8.50. The number of hydrogen-bond donors (Lipinski definition) is 0. The van der Waals surface area contributed by atoms with E-state index in [4.69, 9.17) is 0 Å². The topological polar surface area (TPSA) is 16.1 Å². The third-order valence-electron chi connectivity index (χ3n) is 2.56. The first-order chi connectivity index (χ1) is 6.16. The maximum atomic E-state index is 4.44. The van der Waals surface area contributed by atoms with E-state index in [9.17, 15) is 0 Å². The van der Waals surface area contributed by atoms with E-state index in [0.29, 0.717) is 0 Å². The zero-order valence-corrected chi connectivity index (χ0v) is 9.32. The average Bonchev–Trinajstić information content (AvgIpc) is 2.81. The summed E-state index contributed by atoms with van der Waals surface area (Å²) in [6.45, 7) is 5.28. The predicted octanol–water partition coefficient (Wildman–Crippen LogP) is 2.35. The number of hydrogen-bond acceptors (Lipinski definition) is 3. The van der Waals surface area contributed by atoms with Gasteiger partial charge in [-0.3, -0.25) is 4.90 Å². The molecule has 1 saturated carbocycles. The van der Waals surface area contributed by atoms with Gasteiger partial charge in [0.2, 0.25) is 0 Å². The summed E-state index contributed by atoms with van der Waals surface area (Å²) in [6, 6.07) is 0.849. The molecule has 0 saturated heterocycles. The van der Waals surface area contributed by atoms with Crippen molar-refractivity contribution < 1.29 is 0 Å². The summed E-state index contributed by atoms with van der Waals surface area (Å²) in [4.78, 5) is 8.32. The molecule has 0 unspecified atom stereocenters. The van der Waals surface area contributed by atoms with E-state index in [2.05, 4.69) is 30.8 Å². The van der Waals surface area contributed by atoms with Gasteiger partial charge in [0.25, 0.3) is 0 Å². The fourth-order valence-corrected chi connectivity index (χ4v) is 2.59. The largest absolute Gasteiger partial charge is 0.298 e. The van der Waals surface area contributed by atoms with Crippen LogP contribution in [0.15, 0.2) is 0 Å². The lowest BCUT2D eigenvalue weighted by Crippen LogP contribution is -2.19. The Morgan fingerprint density at radius 3 is 2.62 bits per heavy atom. The molecule has 13 heavy (non-hydrogen) atoms. The molecule has 0 aromatic carbocycles. The Bertz CT molecular complexity index is 302. The molecule has 1 aromatic heterocycles. The molecule has 0 radical (unpaired) electrons. The molecule has 0 bridgehead atoms. The van der Waals surface area contributed by atoms with E-state index in [1.54, 1.807) is 0 Å². The third kappa shape index (κ3) is 2.09. The van der Waals surface area contributed by atoms with Gasteiger partial charge in [-0.25, -0.2) is 4.98 Å². The highest BCUT2D eigenvalue weighted by atomic mass is 32.1. The van der Waals surface area contributed by atoms with E-state index < -0.39 is 0 Å². The summed E-state index contributed by atoms with van der Waals surface area (Å²) in [5, 5.41) is 1.19. The van der Waals surface area contributed by atoms with E-state index in [-0.39, 0.29) is 0 Å². The van der Waals surface area contributed by atoms with Crippen molar-refractivity contribution in [2.75, 3.05) is 7.05 Å². The van der Waals surface area contributed by atoms with Gasteiger partial charge in [0.1, 0.15) is 0 Å². The maximum Gasteiger partial charge on any atom is 0.0900 e. The van der Waals surface area contributed by atoms with Crippen LogP contribution in [0.3, 0.4) is 0 Å². The van der Waals surface area contributed by atoms with Crippen LogP contribution in [0.2, 0.25) is 0 Å². The lowest BCUT2D eigenvalue weighted by molar-refractivity contribution is 0.318. The molecule has 1 aliphatic rings. The van der Waals surface area contributed by atoms with E-state index in [1.807, 2.05) is 11.3 Å². The molecule has 2 nitrogen and oxygen atoms in total.